The van der Waals surface area contributed by atoms with Crippen LogP contribution in [0.3, 0.4) is 0 Å². The number of rotatable bonds is 5. The summed E-state index contributed by atoms with van der Waals surface area (Å²) >= 11 is 0. The molecule has 2 heterocycles. The van der Waals surface area contributed by atoms with E-state index in [4.69, 9.17) is 10.3 Å². The third kappa shape index (κ3) is 5.61. The van der Waals surface area contributed by atoms with Crippen LogP contribution in [0.5, 0.6) is 0 Å². The normalized spacial score (nSPS) is 16.2. The number of allylic oxidation sites excluding steroid dienone is 1. The fourth-order valence-electron chi connectivity index (χ4n) is 3.07. The van der Waals surface area contributed by atoms with Crippen molar-refractivity contribution in [2.45, 2.75) is 33.1 Å². The second-order valence-corrected chi connectivity index (χ2v) is 9.09. The van der Waals surface area contributed by atoms with E-state index in [1.807, 2.05) is 64.9 Å². The Morgan fingerprint density at radius 2 is 1.94 bits per heavy atom. The number of carbonyl (C=O) groups is 1. The lowest BCUT2D eigenvalue weighted by Crippen LogP contribution is -2.26. The van der Waals surface area contributed by atoms with Crippen molar-refractivity contribution in [3.63, 3.8) is 0 Å². The van der Waals surface area contributed by atoms with Crippen LogP contribution in [0.4, 0.5) is 11.5 Å². The Labute approximate surface area is 199 Å². The molecule has 1 amide bonds. The number of nitrogens with one attached hydrogen (secondary N) is 2. The number of hydrogen-bond donors (Lipinski definition) is 3. The van der Waals surface area contributed by atoms with Gasteiger partial charge < -0.3 is 25.8 Å². The van der Waals surface area contributed by atoms with Gasteiger partial charge in [0.1, 0.15) is 23.1 Å². The van der Waals surface area contributed by atoms with Crippen LogP contribution in [0, 0.1) is 6.92 Å². The van der Waals surface area contributed by atoms with E-state index in [2.05, 4.69) is 32.4 Å². The number of carbonyl (C=O) groups excluding carboxylic acids is 1. The summed E-state index contributed by atoms with van der Waals surface area (Å²) in [5.41, 5.74) is 9.26. The Bertz CT molecular complexity index is 1220. The fraction of sp³-hybridized carbons (Fsp3) is 0.280. The zero-order valence-corrected chi connectivity index (χ0v) is 20.4. The van der Waals surface area contributed by atoms with Crippen LogP contribution < -0.4 is 16.4 Å². The Balaban J connectivity index is 1.87. The number of nitrogens with two attached hydrogens (primary N) is 1. The minimum absolute atomic E-state index is 0.209. The molecule has 0 radical (unpaired) electrons. The van der Waals surface area contributed by atoms with Gasteiger partial charge in [-0.15, -0.1) is 0 Å². The first-order chi connectivity index (χ1) is 16.0. The maximum absolute atomic E-state index is 12.8. The van der Waals surface area contributed by atoms with Crippen molar-refractivity contribution in [3.05, 3.63) is 77.6 Å². The van der Waals surface area contributed by atoms with E-state index in [9.17, 15) is 4.79 Å². The van der Waals surface area contributed by atoms with Gasteiger partial charge in [-0.05, 0) is 36.8 Å². The van der Waals surface area contributed by atoms with Gasteiger partial charge in [-0.1, -0.05) is 38.6 Å². The van der Waals surface area contributed by atoms with Crippen LogP contribution in [0.15, 0.2) is 75.2 Å². The van der Waals surface area contributed by atoms with Gasteiger partial charge in [-0.2, -0.15) is 0 Å². The summed E-state index contributed by atoms with van der Waals surface area (Å²) in [5.74, 6) is 1.76. The predicted molar refractivity (Wildman–Crippen MR) is 137 cm³/mol. The van der Waals surface area contributed by atoms with Gasteiger partial charge in [-0.3, -0.25) is 9.79 Å². The smallest absolute Gasteiger partial charge is 0.256 e. The largest absolute Gasteiger partial charge is 0.383 e. The zero-order chi connectivity index (χ0) is 25.0. The maximum atomic E-state index is 12.8. The molecule has 1 aliphatic heterocycles. The number of aryl methyl sites for hydroxylation is 1. The molecule has 2 aromatic rings. The Hall–Kier alpha value is -4.14. The van der Waals surface area contributed by atoms with Gasteiger partial charge in [0.05, 0.1) is 5.71 Å². The number of aliphatic imine (C=N–C) groups is 2. The lowest BCUT2D eigenvalue weighted by atomic mass is 9.93. The first-order valence-electron chi connectivity index (χ1n) is 10.8. The van der Waals surface area contributed by atoms with Crippen molar-refractivity contribution in [2.24, 2.45) is 15.7 Å². The van der Waals surface area contributed by atoms with E-state index in [1.54, 1.807) is 18.2 Å². The SMILES string of the molecule is C=C/N=C1/C=CC(N(C)C)=N/C1=C(/N)Nc1cc(C(=O)Nc2cc(C(C)(C)C)on2)ccc1C. The fourth-order valence-corrected chi connectivity index (χ4v) is 3.07. The van der Waals surface area contributed by atoms with Crippen molar-refractivity contribution in [2.75, 3.05) is 24.7 Å². The predicted octanol–water partition coefficient (Wildman–Crippen LogP) is 4.19. The van der Waals surface area contributed by atoms with E-state index >= 15 is 0 Å². The Morgan fingerprint density at radius 1 is 1.21 bits per heavy atom. The average molecular weight is 462 g/mol. The van der Waals surface area contributed by atoms with Gasteiger partial charge in [0.25, 0.3) is 5.91 Å². The van der Waals surface area contributed by atoms with Gasteiger partial charge in [0, 0.05) is 43.0 Å². The summed E-state index contributed by atoms with van der Waals surface area (Å²) in [5, 5.41) is 9.90. The summed E-state index contributed by atoms with van der Waals surface area (Å²) in [4.78, 5) is 23.6. The summed E-state index contributed by atoms with van der Waals surface area (Å²) in [6, 6.07) is 7.03. The molecular formula is C25H31N7O2. The molecule has 9 nitrogen and oxygen atoms in total. The second kappa shape index (κ2) is 9.78. The molecule has 1 aromatic carbocycles. The van der Waals surface area contributed by atoms with Crippen LogP contribution in [0.2, 0.25) is 0 Å². The number of dihydropyridines is 1. The van der Waals surface area contributed by atoms with Gasteiger partial charge >= 0.3 is 0 Å². The third-order valence-electron chi connectivity index (χ3n) is 5.06. The molecule has 1 aromatic heterocycles. The highest BCUT2D eigenvalue weighted by atomic mass is 16.5. The van der Waals surface area contributed by atoms with Crippen LogP contribution in [0.1, 0.15) is 42.5 Å². The molecule has 0 bridgehead atoms. The summed E-state index contributed by atoms with van der Waals surface area (Å²) < 4.78 is 5.34. The lowest BCUT2D eigenvalue weighted by Gasteiger charge is -2.19. The summed E-state index contributed by atoms with van der Waals surface area (Å²) in [6.45, 7) is 11.6. The molecule has 1 aliphatic rings. The van der Waals surface area contributed by atoms with Crippen molar-refractivity contribution in [1.82, 2.24) is 10.1 Å². The standard InChI is InChI=1S/C25H31N7O2/c1-8-27-17-11-12-21(32(6)7)30-22(17)23(26)28-18-13-16(10-9-15(18)2)24(33)29-20-14-19(34-31-20)25(3,4)5/h8-14,28H,1,26H2,2-7H3,(H,29,31,33)/b23-22-,27-17-. The van der Waals surface area contributed by atoms with Crippen molar-refractivity contribution in [1.29, 1.82) is 0 Å². The summed E-state index contributed by atoms with van der Waals surface area (Å²) in [7, 11) is 3.79. The maximum Gasteiger partial charge on any atom is 0.256 e. The van der Waals surface area contributed by atoms with E-state index in [0.717, 1.165) is 11.4 Å². The van der Waals surface area contributed by atoms with Gasteiger partial charge in [0.2, 0.25) is 0 Å². The van der Waals surface area contributed by atoms with Crippen LogP contribution in [-0.2, 0) is 5.41 Å². The van der Waals surface area contributed by atoms with Gasteiger partial charge in [0.15, 0.2) is 5.82 Å². The number of likely N-dealkylation sites (N-methyl/N-ethyl adjacent to an activating group) is 1. The van der Waals surface area contributed by atoms with Crippen molar-refractivity contribution < 1.29 is 9.32 Å². The van der Waals surface area contributed by atoms with E-state index in [0.29, 0.717) is 40.1 Å². The highest BCUT2D eigenvalue weighted by Gasteiger charge is 2.21. The first-order valence-corrected chi connectivity index (χ1v) is 10.8. The molecule has 0 atom stereocenters. The van der Waals surface area contributed by atoms with E-state index in [-0.39, 0.29) is 11.3 Å². The molecule has 0 unspecified atom stereocenters. The molecular weight excluding hydrogens is 430 g/mol. The molecule has 178 valence electrons. The average Bonchev–Trinajstić information content (AvgIpc) is 3.24. The third-order valence-corrected chi connectivity index (χ3v) is 5.06. The topological polar surface area (TPSA) is 121 Å². The zero-order valence-electron chi connectivity index (χ0n) is 20.4. The molecule has 0 saturated heterocycles. The van der Waals surface area contributed by atoms with E-state index in [1.165, 1.54) is 6.20 Å². The molecule has 34 heavy (non-hydrogen) atoms. The van der Waals surface area contributed by atoms with Gasteiger partial charge in [-0.25, -0.2) is 4.99 Å². The number of nitrogens with zero attached hydrogens (tertiary/aromatic N) is 4. The van der Waals surface area contributed by atoms with Crippen LogP contribution >= 0.6 is 0 Å². The highest BCUT2D eigenvalue weighted by Crippen LogP contribution is 2.25. The molecule has 0 saturated carbocycles. The van der Waals surface area contributed by atoms with Crippen LogP contribution in [0.25, 0.3) is 0 Å². The molecule has 3 rings (SSSR count). The number of hydrogen-bond acceptors (Lipinski definition) is 8. The molecule has 0 spiro atoms. The Kier molecular flexibility index (Phi) is 7.05. The quantitative estimate of drug-likeness (QED) is 0.614. The number of aromatic nitrogens is 1. The number of benzene rings is 1. The second-order valence-electron chi connectivity index (χ2n) is 9.09. The lowest BCUT2D eigenvalue weighted by molar-refractivity contribution is 0.102. The van der Waals surface area contributed by atoms with Crippen LogP contribution in [-0.4, -0.2) is 41.6 Å². The molecule has 9 heteroatoms. The molecule has 0 fully saturated rings. The summed E-state index contributed by atoms with van der Waals surface area (Å²) in [6.07, 6.45) is 5.12. The van der Waals surface area contributed by atoms with E-state index < -0.39 is 0 Å². The number of anilines is 2. The number of amides is 1. The highest BCUT2D eigenvalue weighted by molar-refractivity contribution is 6.16. The number of amidine groups is 1. The van der Waals surface area contributed by atoms with Crippen molar-refractivity contribution in [3.8, 4) is 0 Å². The minimum atomic E-state index is -0.314. The van der Waals surface area contributed by atoms with Crippen molar-refractivity contribution >= 4 is 29.0 Å². The monoisotopic (exact) mass is 461 g/mol. The first kappa shape index (κ1) is 24.5. The minimum Gasteiger partial charge on any atom is -0.383 e. The molecule has 4 N–H and O–H groups in total. The molecule has 0 aliphatic carbocycles. The Morgan fingerprint density at radius 3 is 2.56 bits per heavy atom.